The summed E-state index contributed by atoms with van der Waals surface area (Å²) in [7, 11) is -1.83. The van der Waals surface area contributed by atoms with E-state index >= 15 is 0 Å². The zero-order valence-electron chi connectivity index (χ0n) is 16.8. The molecule has 0 spiro atoms. The average molecular weight is 369 g/mol. The van der Waals surface area contributed by atoms with E-state index in [1.54, 1.807) is 0 Å². The maximum atomic E-state index is 10.8. The van der Waals surface area contributed by atoms with Crippen molar-refractivity contribution in [3.8, 4) is 0 Å². The summed E-state index contributed by atoms with van der Waals surface area (Å²) in [6.45, 7) is 11.5. The van der Waals surface area contributed by atoms with E-state index in [9.17, 15) is 5.11 Å². The molecule has 0 aromatic heterocycles. The third-order valence-electron chi connectivity index (χ3n) is 6.10. The number of fused-ring (bicyclic) bond motifs is 1. The highest BCUT2D eigenvalue weighted by molar-refractivity contribution is 6.74. The van der Waals surface area contributed by atoms with Crippen molar-refractivity contribution in [1.29, 1.82) is 0 Å². The molecule has 0 heterocycles. The molecule has 0 saturated heterocycles. The molecule has 3 heteroatoms. The van der Waals surface area contributed by atoms with E-state index in [4.69, 9.17) is 4.43 Å². The van der Waals surface area contributed by atoms with Gasteiger partial charge in [0.05, 0.1) is 6.10 Å². The van der Waals surface area contributed by atoms with Crippen molar-refractivity contribution in [2.75, 3.05) is 0 Å². The van der Waals surface area contributed by atoms with Gasteiger partial charge in [-0.3, -0.25) is 0 Å². The van der Waals surface area contributed by atoms with E-state index in [1.807, 2.05) is 30.3 Å². The minimum absolute atomic E-state index is 0.155. The van der Waals surface area contributed by atoms with Gasteiger partial charge in [-0.05, 0) is 59.6 Å². The summed E-state index contributed by atoms with van der Waals surface area (Å²) in [5, 5.41) is 11.0. The Kier molecular flexibility index (Phi) is 5.43. The molecule has 0 radical (unpaired) electrons. The van der Waals surface area contributed by atoms with Gasteiger partial charge in [0.25, 0.3) is 0 Å². The average Bonchev–Trinajstić information content (AvgIpc) is 2.60. The van der Waals surface area contributed by atoms with Crippen molar-refractivity contribution in [2.45, 2.75) is 70.4 Å². The van der Waals surface area contributed by atoms with Crippen LogP contribution >= 0.6 is 0 Å². The van der Waals surface area contributed by atoms with Crippen molar-refractivity contribution in [3.63, 3.8) is 0 Å². The Balaban J connectivity index is 1.91. The van der Waals surface area contributed by atoms with Crippen molar-refractivity contribution in [3.05, 3.63) is 70.8 Å². The van der Waals surface area contributed by atoms with Gasteiger partial charge >= 0.3 is 0 Å². The first-order chi connectivity index (χ1) is 12.2. The third kappa shape index (κ3) is 3.95. The molecule has 2 atom stereocenters. The van der Waals surface area contributed by atoms with Crippen LogP contribution in [0.15, 0.2) is 48.5 Å². The van der Waals surface area contributed by atoms with Gasteiger partial charge in [0.15, 0.2) is 8.32 Å². The van der Waals surface area contributed by atoms with E-state index in [2.05, 4.69) is 52.1 Å². The second-order valence-electron chi connectivity index (χ2n) is 9.03. The molecule has 0 saturated carbocycles. The van der Waals surface area contributed by atoms with Crippen LogP contribution in [0.2, 0.25) is 18.1 Å². The van der Waals surface area contributed by atoms with E-state index in [0.717, 1.165) is 24.0 Å². The molecule has 1 N–H and O–H groups in total. The Morgan fingerprint density at radius 3 is 2.38 bits per heavy atom. The van der Waals surface area contributed by atoms with Gasteiger partial charge in [-0.15, -0.1) is 0 Å². The number of hydrogen-bond donors (Lipinski definition) is 1. The first-order valence-corrected chi connectivity index (χ1v) is 12.6. The van der Waals surface area contributed by atoms with Crippen LogP contribution in [-0.4, -0.2) is 13.4 Å². The summed E-state index contributed by atoms with van der Waals surface area (Å²) in [4.78, 5) is 0. The summed E-state index contributed by atoms with van der Waals surface area (Å²) in [5.74, 6) is 0. The van der Waals surface area contributed by atoms with Crippen LogP contribution < -0.4 is 0 Å². The summed E-state index contributed by atoms with van der Waals surface area (Å²) >= 11 is 0. The molecule has 0 fully saturated rings. The lowest BCUT2D eigenvalue weighted by atomic mass is 9.87. The highest BCUT2D eigenvalue weighted by atomic mass is 28.4. The fraction of sp³-hybridized carbons (Fsp3) is 0.478. The number of rotatable bonds is 4. The second-order valence-corrected chi connectivity index (χ2v) is 13.8. The molecular weight excluding hydrogens is 336 g/mol. The summed E-state index contributed by atoms with van der Waals surface area (Å²) in [6.07, 6.45) is 2.92. The molecule has 140 valence electrons. The summed E-state index contributed by atoms with van der Waals surface area (Å²) in [6, 6.07) is 16.3. The van der Waals surface area contributed by atoms with Crippen LogP contribution in [0.4, 0.5) is 0 Å². The van der Waals surface area contributed by atoms with Crippen molar-refractivity contribution < 1.29 is 9.53 Å². The van der Waals surface area contributed by atoms with Crippen LogP contribution in [-0.2, 0) is 10.8 Å². The maximum Gasteiger partial charge on any atom is 0.192 e. The van der Waals surface area contributed by atoms with Crippen molar-refractivity contribution >= 4 is 8.32 Å². The Morgan fingerprint density at radius 2 is 1.73 bits per heavy atom. The molecule has 2 unspecified atom stereocenters. The quantitative estimate of drug-likeness (QED) is 0.654. The highest BCUT2D eigenvalue weighted by Crippen LogP contribution is 2.43. The SMILES string of the molecule is CC(C)(C)[Si](C)(C)OC1CCCc2ccc(C(O)c3ccccc3)cc21. The highest BCUT2D eigenvalue weighted by Gasteiger charge is 2.40. The van der Waals surface area contributed by atoms with Gasteiger partial charge in [-0.2, -0.15) is 0 Å². The zero-order chi connectivity index (χ0) is 18.9. The van der Waals surface area contributed by atoms with Gasteiger partial charge in [-0.25, -0.2) is 0 Å². The Bertz CT molecular complexity index is 747. The van der Waals surface area contributed by atoms with E-state index in [-0.39, 0.29) is 11.1 Å². The van der Waals surface area contributed by atoms with Gasteiger partial charge in [0.1, 0.15) is 6.10 Å². The number of aryl methyl sites for hydroxylation is 1. The molecule has 3 rings (SSSR count). The molecular formula is C23H32O2Si. The third-order valence-corrected chi connectivity index (χ3v) is 10.6. The summed E-state index contributed by atoms with van der Waals surface area (Å²) < 4.78 is 6.77. The molecule has 0 bridgehead atoms. The van der Waals surface area contributed by atoms with Crippen molar-refractivity contribution in [2.24, 2.45) is 0 Å². The molecule has 26 heavy (non-hydrogen) atoms. The monoisotopic (exact) mass is 368 g/mol. The molecule has 2 aromatic carbocycles. The van der Waals surface area contributed by atoms with Crippen LogP contribution in [0.3, 0.4) is 0 Å². The van der Waals surface area contributed by atoms with Gasteiger partial charge in [0.2, 0.25) is 0 Å². The maximum absolute atomic E-state index is 10.8. The lowest BCUT2D eigenvalue weighted by Crippen LogP contribution is -2.42. The lowest BCUT2D eigenvalue weighted by Gasteiger charge is -2.41. The van der Waals surface area contributed by atoms with Crippen LogP contribution in [0.1, 0.15) is 68.1 Å². The smallest absolute Gasteiger partial charge is 0.192 e. The molecule has 1 aliphatic rings. The number of hydrogen-bond acceptors (Lipinski definition) is 2. The Morgan fingerprint density at radius 1 is 1.04 bits per heavy atom. The fourth-order valence-corrected chi connectivity index (χ4v) is 4.74. The van der Waals surface area contributed by atoms with Crippen LogP contribution in [0.5, 0.6) is 0 Å². The number of benzene rings is 2. The zero-order valence-corrected chi connectivity index (χ0v) is 17.8. The van der Waals surface area contributed by atoms with Gasteiger partial charge in [0, 0.05) is 0 Å². The second kappa shape index (κ2) is 7.30. The topological polar surface area (TPSA) is 29.5 Å². The Hall–Kier alpha value is -1.42. The first-order valence-electron chi connectivity index (χ1n) is 9.72. The molecule has 0 amide bonds. The molecule has 1 aliphatic carbocycles. The minimum Gasteiger partial charge on any atom is -0.410 e. The van der Waals surface area contributed by atoms with E-state index in [1.165, 1.54) is 17.5 Å². The van der Waals surface area contributed by atoms with E-state index < -0.39 is 14.4 Å². The largest absolute Gasteiger partial charge is 0.410 e. The Labute approximate surface area is 159 Å². The molecule has 2 nitrogen and oxygen atoms in total. The van der Waals surface area contributed by atoms with E-state index in [0.29, 0.717) is 0 Å². The first kappa shape index (κ1) is 19.3. The fourth-order valence-electron chi connectivity index (χ4n) is 3.43. The molecule has 0 aliphatic heterocycles. The lowest BCUT2D eigenvalue weighted by molar-refractivity contribution is 0.162. The minimum atomic E-state index is -1.83. The van der Waals surface area contributed by atoms with Crippen LogP contribution in [0, 0.1) is 0 Å². The van der Waals surface area contributed by atoms with Crippen molar-refractivity contribution in [1.82, 2.24) is 0 Å². The van der Waals surface area contributed by atoms with Crippen LogP contribution in [0.25, 0.3) is 0 Å². The number of aliphatic hydroxyl groups is 1. The predicted molar refractivity (Wildman–Crippen MR) is 111 cm³/mol. The predicted octanol–water partition coefficient (Wildman–Crippen LogP) is 6.17. The standard InChI is InChI=1S/C23H32O2Si/c1-23(2,3)26(4,5)25-21-13-9-12-17-14-15-19(16-20(17)21)22(24)18-10-7-6-8-11-18/h6-8,10-11,14-16,21-22,24H,9,12-13H2,1-5H3. The number of aliphatic hydroxyl groups excluding tert-OH is 1. The summed E-state index contributed by atoms with van der Waals surface area (Å²) in [5.41, 5.74) is 4.56. The van der Waals surface area contributed by atoms with Gasteiger partial charge < -0.3 is 9.53 Å². The normalized spacial score (nSPS) is 19.1. The van der Waals surface area contributed by atoms with Gasteiger partial charge in [-0.1, -0.05) is 69.3 Å². The molecule has 2 aromatic rings.